The minimum absolute atomic E-state index is 0.359. The van der Waals surface area contributed by atoms with Crippen LogP contribution in [0.25, 0.3) is 0 Å². The molecule has 1 aliphatic heterocycles. The fraction of sp³-hybridized carbons (Fsp3) is 0.235. The maximum Gasteiger partial charge on any atom is 0.319 e. The standard InChI is InChI=1S/C17H16N2O3S/c1-3-9-23-16-12(10-18)13(11-7-5-4-6-8-11)14(15(20)19-16)17(21)22-2/h3-8,13-14H,1,9H2,2H3,(H,19,20)/t13?,14-/m1/s1. The fourth-order valence-electron chi connectivity index (χ4n) is 2.48. The summed E-state index contributed by atoms with van der Waals surface area (Å²) in [4.78, 5) is 24.5. The quantitative estimate of drug-likeness (QED) is 0.510. The molecule has 2 atom stereocenters. The summed E-state index contributed by atoms with van der Waals surface area (Å²) >= 11 is 1.31. The van der Waals surface area contributed by atoms with E-state index in [-0.39, 0.29) is 0 Å². The molecule has 0 saturated heterocycles. The lowest BCUT2D eigenvalue weighted by Crippen LogP contribution is -2.44. The first-order chi connectivity index (χ1) is 11.1. The number of allylic oxidation sites excluding steroid dienone is 1. The molecule has 2 rings (SSSR count). The van der Waals surface area contributed by atoms with E-state index < -0.39 is 23.7 Å². The van der Waals surface area contributed by atoms with E-state index in [1.165, 1.54) is 18.9 Å². The number of rotatable bonds is 5. The number of hydrogen-bond acceptors (Lipinski definition) is 5. The van der Waals surface area contributed by atoms with Gasteiger partial charge in [0.05, 0.1) is 23.8 Å². The number of carbonyl (C=O) groups excluding carboxylic acids is 2. The van der Waals surface area contributed by atoms with Crippen LogP contribution in [0.1, 0.15) is 11.5 Å². The number of benzene rings is 1. The summed E-state index contributed by atoms with van der Waals surface area (Å²) in [6.45, 7) is 3.64. The van der Waals surface area contributed by atoms with Gasteiger partial charge in [-0.05, 0) is 5.56 Å². The molecule has 0 fully saturated rings. The Morgan fingerprint density at radius 2 is 2.17 bits per heavy atom. The first-order valence-corrected chi connectivity index (χ1v) is 7.94. The van der Waals surface area contributed by atoms with E-state index in [0.717, 1.165) is 5.56 Å². The molecule has 1 aromatic rings. The number of methoxy groups -OCH3 is 1. The smallest absolute Gasteiger partial charge is 0.319 e. The van der Waals surface area contributed by atoms with Crippen molar-refractivity contribution in [2.75, 3.05) is 12.9 Å². The van der Waals surface area contributed by atoms with Crippen molar-refractivity contribution in [3.05, 3.63) is 59.2 Å². The Kier molecular flexibility index (Phi) is 5.61. The van der Waals surface area contributed by atoms with Crippen LogP contribution in [-0.4, -0.2) is 24.7 Å². The van der Waals surface area contributed by atoms with Crippen LogP contribution >= 0.6 is 11.8 Å². The van der Waals surface area contributed by atoms with Gasteiger partial charge in [0.15, 0.2) is 0 Å². The van der Waals surface area contributed by atoms with E-state index in [1.807, 2.05) is 18.2 Å². The minimum atomic E-state index is -1.08. The van der Waals surface area contributed by atoms with Gasteiger partial charge in [-0.15, -0.1) is 18.3 Å². The van der Waals surface area contributed by atoms with E-state index in [9.17, 15) is 14.9 Å². The molecule has 0 saturated carbocycles. The van der Waals surface area contributed by atoms with Crippen molar-refractivity contribution in [2.24, 2.45) is 5.92 Å². The largest absolute Gasteiger partial charge is 0.468 e. The van der Waals surface area contributed by atoms with E-state index >= 15 is 0 Å². The molecule has 23 heavy (non-hydrogen) atoms. The lowest BCUT2D eigenvalue weighted by Gasteiger charge is -2.30. The van der Waals surface area contributed by atoms with E-state index in [2.05, 4.69) is 18.0 Å². The molecule has 0 bridgehead atoms. The second kappa shape index (κ2) is 7.65. The highest BCUT2D eigenvalue weighted by molar-refractivity contribution is 8.03. The molecule has 0 aromatic heterocycles. The Morgan fingerprint density at radius 1 is 1.48 bits per heavy atom. The second-order valence-electron chi connectivity index (χ2n) is 4.83. The molecular formula is C17H16N2O3S. The highest BCUT2D eigenvalue weighted by Crippen LogP contribution is 2.39. The van der Waals surface area contributed by atoms with Crippen molar-refractivity contribution in [3.63, 3.8) is 0 Å². The van der Waals surface area contributed by atoms with E-state index in [4.69, 9.17) is 4.74 Å². The third kappa shape index (κ3) is 3.46. The number of nitrogens with zero attached hydrogens (tertiary/aromatic N) is 1. The minimum Gasteiger partial charge on any atom is -0.468 e. The fourth-order valence-corrected chi connectivity index (χ4v) is 3.27. The van der Waals surface area contributed by atoms with Crippen LogP contribution in [0.3, 0.4) is 0 Å². The molecule has 1 aromatic carbocycles. The predicted molar refractivity (Wildman–Crippen MR) is 88.1 cm³/mol. The normalized spacial score (nSPS) is 20.4. The third-order valence-electron chi connectivity index (χ3n) is 3.49. The van der Waals surface area contributed by atoms with Crippen LogP contribution < -0.4 is 5.32 Å². The van der Waals surface area contributed by atoms with Gasteiger partial charge < -0.3 is 10.1 Å². The third-order valence-corrected chi connectivity index (χ3v) is 4.50. The van der Waals surface area contributed by atoms with Crippen LogP contribution in [0, 0.1) is 17.2 Å². The van der Waals surface area contributed by atoms with Crippen LogP contribution in [0.5, 0.6) is 0 Å². The average molecular weight is 328 g/mol. The van der Waals surface area contributed by atoms with Crippen molar-refractivity contribution in [1.82, 2.24) is 5.32 Å². The maximum absolute atomic E-state index is 12.4. The summed E-state index contributed by atoms with van der Waals surface area (Å²) in [5.41, 5.74) is 1.09. The zero-order valence-corrected chi connectivity index (χ0v) is 13.4. The molecule has 1 N–H and O–H groups in total. The van der Waals surface area contributed by atoms with E-state index in [0.29, 0.717) is 16.4 Å². The first-order valence-electron chi connectivity index (χ1n) is 6.95. The zero-order valence-electron chi connectivity index (χ0n) is 12.6. The summed E-state index contributed by atoms with van der Waals surface area (Å²) in [7, 11) is 1.23. The molecule has 1 amide bonds. The van der Waals surface area contributed by atoms with Crippen LogP contribution in [0.15, 0.2) is 53.6 Å². The van der Waals surface area contributed by atoms with Gasteiger partial charge in [-0.2, -0.15) is 5.26 Å². The van der Waals surface area contributed by atoms with Gasteiger partial charge in [0.1, 0.15) is 5.92 Å². The molecule has 118 valence electrons. The Bertz CT molecular complexity index is 692. The Morgan fingerprint density at radius 3 is 2.74 bits per heavy atom. The molecular weight excluding hydrogens is 312 g/mol. The Labute approximate surface area is 139 Å². The highest BCUT2D eigenvalue weighted by Gasteiger charge is 2.44. The summed E-state index contributed by atoms with van der Waals surface area (Å²) in [6.07, 6.45) is 1.68. The molecule has 1 aliphatic rings. The maximum atomic E-state index is 12.4. The lowest BCUT2D eigenvalue weighted by atomic mass is 9.78. The van der Waals surface area contributed by atoms with Gasteiger partial charge in [0.25, 0.3) is 0 Å². The number of carbonyl (C=O) groups is 2. The van der Waals surface area contributed by atoms with Gasteiger partial charge in [-0.1, -0.05) is 36.4 Å². The highest BCUT2D eigenvalue weighted by atomic mass is 32.2. The van der Waals surface area contributed by atoms with Gasteiger partial charge >= 0.3 is 5.97 Å². The van der Waals surface area contributed by atoms with Gasteiger partial charge in [0, 0.05) is 11.7 Å². The molecule has 1 heterocycles. The van der Waals surface area contributed by atoms with Crippen LogP contribution in [0.4, 0.5) is 0 Å². The molecule has 0 radical (unpaired) electrons. The van der Waals surface area contributed by atoms with Crippen molar-refractivity contribution >= 4 is 23.6 Å². The number of amides is 1. The number of thioether (sulfide) groups is 1. The SMILES string of the molecule is C=CCSC1=C(C#N)C(c2ccccc2)[C@@H](C(=O)OC)C(=O)N1. The van der Waals surface area contributed by atoms with E-state index in [1.54, 1.807) is 18.2 Å². The second-order valence-corrected chi connectivity index (χ2v) is 5.86. The molecule has 0 spiro atoms. The first kappa shape index (κ1) is 16.8. The Balaban J connectivity index is 2.58. The number of ether oxygens (including phenoxy) is 1. The van der Waals surface area contributed by atoms with Gasteiger partial charge in [-0.25, -0.2) is 0 Å². The van der Waals surface area contributed by atoms with Gasteiger partial charge in [0.2, 0.25) is 5.91 Å². The molecule has 0 aliphatic carbocycles. The predicted octanol–water partition coefficient (Wildman–Crippen LogP) is 2.34. The molecule has 6 heteroatoms. The van der Waals surface area contributed by atoms with Gasteiger partial charge in [-0.3, -0.25) is 9.59 Å². The number of hydrogen-bond donors (Lipinski definition) is 1. The topological polar surface area (TPSA) is 79.2 Å². The number of esters is 1. The van der Waals surface area contributed by atoms with Crippen LogP contribution in [0.2, 0.25) is 0 Å². The van der Waals surface area contributed by atoms with Crippen molar-refractivity contribution in [1.29, 1.82) is 5.26 Å². The summed E-state index contributed by atoms with van der Waals surface area (Å²) < 4.78 is 4.77. The average Bonchev–Trinajstić information content (AvgIpc) is 2.59. The molecule has 5 nitrogen and oxygen atoms in total. The monoisotopic (exact) mass is 328 g/mol. The van der Waals surface area contributed by atoms with Crippen molar-refractivity contribution in [3.8, 4) is 6.07 Å². The van der Waals surface area contributed by atoms with Crippen molar-refractivity contribution in [2.45, 2.75) is 5.92 Å². The number of nitriles is 1. The zero-order chi connectivity index (χ0) is 16.8. The summed E-state index contributed by atoms with van der Waals surface area (Å²) in [5, 5.41) is 12.7. The number of nitrogens with one attached hydrogen (secondary N) is 1. The van der Waals surface area contributed by atoms with Crippen LogP contribution in [-0.2, 0) is 14.3 Å². The Hall–Kier alpha value is -2.52. The lowest BCUT2D eigenvalue weighted by molar-refractivity contribution is -0.150. The summed E-state index contributed by atoms with van der Waals surface area (Å²) in [5.74, 6) is -2.31. The molecule has 1 unspecified atom stereocenters. The van der Waals surface area contributed by atoms with Crippen molar-refractivity contribution < 1.29 is 14.3 Å². The summed E-state index contributed by atoms with van der Waals surface area (Å²) in [6, 6.07) is 11.2.